The summed E-state index contributed by atoms with van der Waals surface area (Å²) >= 11 is 5.66. The molecule has 0 heterocycles. The average molecular weight is 302 g/mol. The fourth-order valence-electron chi connectivity index (χ4n) is 1.32. The highest BCUT2D eigenvalue weighted by molar-refractivity contribution is 7.70. The second-order valence-electron chi connectivity index (χ2n) is 3.33. The Kier molecular flexibility index (Phi) is 4.06. The highest BCUT2D eigenvalue weighted by Crippen LogP contribution is 2.70. The van der Waals surface area contributed by atoms with Crippen LogP contribution in [0.3, 0.4) is 0 Å². The molecule has 96 valence electrons. The third-order valence-corrected chi connectivity index (χ3v) is 5.92. The summed E-state index contributed by atoms with van der Waals surface area (Å²) in [6.45, 7) is 0. The van der Waals surface area contributed by atoms with Gasteiger partial charge in [0.25, 0.3) is 0 Å². The minimum Gasteiger partial charge on any atom is -0.399 e. The van der Waals surface area contributed by atoms with E-state index < -0.39 is 20.6 Å². The molecule has 17 heavy (non-hydrogen) atoms. The first kappa shape index (κ1) is 14.7. The van der Waals surface area contributed by atoms with E-state index in [1.54, 1.807) is 0 Å². The maximum Gasteiger partial charge on any atom is 0.345 e. The molecule has 0 saturated carbocycles. The van der Waals surface area contributed by atoms with Crippen molar-refractivity contribution in [3.63, 3.8) is 0 Å². The van der Waals surface area contributed by atoms with Crippen LogP contribution < -0.4 is 5.73 Å². The molecule has 0 saturated heterocycles. The summed E-state index contributed by atoms with van der Waals surface area (Å²) in [5, 5.41) is -2.47. The van der Waals surface area contributed by atoms with Gasteiger partial charge in [-0.25, -0.2) is 0 Å². The van der Waals surface area contributed by atoms with E-state index in [2.05, 4.69) is 0 Å². The average Bonchev–Trinajstić information content (AvgIpc) is 2.06. The first-order chi connectivity index (χ1) is 7.53. The molecule has 0 amide bonds. The SMILES string of the molecule is Nc1ccc(Cl)c(C(P(=O)(O)O)P(=O)(O)O)c1. The van der Waals surface area contributed by atoms with E-state index in [-0.39, 0.29) is 16.3 Å². The second-order valence-corrected chi connectivity index (χ2v) is 7.54. The van der Waals surface area contributed by atoms with Crippen LogP contribution in [-0.4, -0.2) is 19.6 Å². The van der Waals surface area contributed by atoms with Crippen LogP contribution in [0.25, 0.3) is 0 Å². The van der Waals surface area contributed by atoms with Crippen LogP contribution in [0.5, 0.6) is 0 Å². The number of nitrogen functional groups attached to an aromatic ring is 1. The quantitative estimate of drug-likeness (QED) is 0.418. The Morgan fingerprint density at radius 2 is 1.59 bits per heavy atom. The van der Waals surface area contributed by atoms with Gasteiger partial charge in [0.05, 0.1) is 0 Å². The van der Waals surface area contributed by atoms with E-state index in [1.165, 1.54) is 12.1 Å². The van der Waals surface area contributed by atoms with Crippen LogP contribution in [0.15, 0.2) is 18.2 Å². The van der Waals surface area contributed by atoms with Crippen molar-refractivity contribution in [2.45, 2.75) is 5.40 Å². The highest BCUT2D eigenvalue weighted by atomic mass is 35.5. The van der Waals surface area contributed by atoms with Crippen LogP contribution in [0, 0.1) is 0 Å². The van der Waals surface area contributed by atoms with Crippen molar-refractivity contribution in [3.05, 3.63) is 28.8 Å². The molecule has 1 aromatic carbocycles. The Balaban J connectivity index is 3.49. The first-order valence-electron chi connectivity index (χ1n) is 4.19. The zero-order chi connectivity index (χ0) is 13.4. The van der Waals surface area contributed by atoms with Crippen molar-refractivity contribution in [1.29, 1.82) is 0 Å². The van der Waals surface area contributed by atoms with Crippen molar-refractivity contribution in [1.82, 2.24) is 0 Å². The van der Waals surface area contributed by atoms with Gasteiger partial charge in [0.2, 0.25) is 0 Å². The Morgan fingerprint density at radius 1 is 1.12 bits per heavy atom. The smallest absolute Gasteiger partial charge is 0.345 e. The van der Waals surface area contributed by atoms with Crippen LogP contribution in [0.2, 0.25) is 5.02 Å². The zero-order valence-corrected chi connectivity index (χ0v) is 10.8. The topological polar surface area (TPSA) is 141 Å². The van der Waals surface area contributed by atoms with E-state index in [0.717, 1.165) is 6.07 Å². The van der Waals surface area contributed by atoms with E-state index in [1.807, 2.05) is 0 Å². The largest absolute Gasteiger partial charge is 0.399 e. The van der Waals surface area contributed by atoms with Gasteiger partial charge in [-0.2, -0.15) is 0 Å². The van der Waals surface area contributed by atoms with Crippen molar-refractivity contribution in [2.75, 3.05) is 5.73 Å². The molecule has 0 atom stereocenters. The molecule has 0 aromatic heterocycles. The molecule has 0 aliphatic carbocycles. The van der Waals surface area contributed by atoms with Gasteiger partial charge in [-0.3, -0.25) is 9.13 Å². The molecule has 0 aliphatic rings. The number of nitrogens with two attached hydrogens (primary N) is 1. The summed E-state index contributed by atoms with van der Waals surface area (Å²) in [7, 11) is -10.1. The molecule has 6 N–H and O–H groups in total. The molecule has 0 spiro atoms. The summed E-state index contributed by atoms with van der Waals surface area (Å²) in [5.74, 6) is 0. The maximum absolute atomic E-state index is 11.1. The van der Waals surface area contributed by atoms with Gasteiger partial charge in [-0.15, -0.1) is 0 Å². The summed E-state index contributed by atoms with van der Waals surface area (Å²) in [6.07, 6.45) is 0. The number of anilines is 1. The van der Waals surface area contributed by atoms with Gasteiger partial charge in [0, 0.05) is 10.7 Å². The van der Waals surface area contributed by atoms with Crippen LogP contribution in [-0.2, 0) is 9.13 Å². The Labute approximate surface area is 102 Å². The minimum atomic E-state index is -5.07. The molecule has 0 unspecified atom stereocenters. The van der Waals surface area contributed by atoms with Crippen LogP contribution >= 0.6 is 26.8 Å². The predicted octanol–water partition coefficient (Wildman–Crippen LogP) is 1.28. The van der Waals surface area contributed by atoms with Gasteiger partial charge < -0.3 is 25.3 Å². The van der Waals surface area contributed by atoms with E-state index >= 15 is 0 Å². The lowest BCUT2D eigenvalue weighted by Gasteiger charge is -2.21. The molecule has 1 aromatic rings. The Bertz CT molecular complexity index is 501. The van der Waals surface area contributed by atoms with E-state index in [9.17, 15) is 9.13 Å². The van der Waals surface area contributed by atoms with Gasteiger partial charge in [0.15, 0.2) is 5.40 Å². The Morgan fingerprint density at radius 3 is 2.00 bits per heavy atom. The molecular formula is C7H10ClNO6P2. The van der Waals surface area contributed by atoms with Crippen LogP contribution in [0.1, 0.15) is 11.0 Å². The standard InChI is InChI=1S/C7H10ClNO6P2/c8-6-2-1-4(9)3-5(6)7(16(10,11)12)17(13,14)15/h1-3,7H,9H2,(H2,10,11,12)(H2,13,14,15). The number of hydrogen-bond donors (Lipinski definition) is 5. The van der Waals surface area contributed by atoms with E-state index in [4.69, 9.17) is 36.9 Å². The van der Waals surface area contributed by atoms with Crippen molar-refractivity contribution in [2.24, 2.45) is 0 Å². The summed E-state index contributed by atoms with van der Waals surface area (Å²) in [4.78, 5) is 36.0. The lowest BCUT2D eigenvalue weighted by molar-refractivity contribution is 0.340. The summed E-state index contributed by atoms with van der Waals surface area (Å²) in [6, 6.07) is 3.60. The van der Waals surface area contributed by atoms with Crippen molar-refractivity contribution in [3.8, 4) is 0 Å². The third-order valence-electron chi connectivity index (χ3n) is 1.94. The van der Waals surface area contributed by atoms with E-state index in [0.29, 0.717) is 0 Å². The van der Waals surface area contributed by atoms with Crippen molar-refractivity contribution < 1.29 is 28.7 Å². The lowest BCUT2D eigenvalue weighted by Crippen LogP contribution is -2.03. The highest BCUT2D eigenvalue weighted by Gasteiger charge is 2.45. The lowest BCUT2D eigenvalue weighted by atomic mass is 10.2. The normalized spacial score (nSPS) is 13.1. The maximum atomic E-state index is 11.1. The van der Waals surface area contributed by atoms with Crippen molar-refractivity contribution >= 4 is 32.5 Å². The van der Waals surface area contributed by atoms with Gasteiger partial charge in [0.1, 0.15) is 0 Å². The molecular weight excluding hydrogens is 291 g/mol. The molecule has 0 fully saturated rings. The fraction of sp³-hybridized carbons (Fsp3) is 0.143. The second kappa shape index (κ2) is 4.71. The zero-order valence-electron chi connectivity index (χ0n) is 8.26. The molecule has 0 radical (unpaired) electrons. The van der Waals surface area contributed by atoms with Gasteiger partial charge in [-0.1, -0.05) is 11.6 Å². The number of benzene rings is 1. The summed E-state index contributed by atoms with van der Waals surface area (Å²) in [5.41, 5.74) is 5.11. The third kappa shape index (κ3) is 3.53. The summed E-state index contributed by atoms with van der Waals surface area (Å²) < 4.78 is 22.3. The molecule has 10 heteroatoms. The minimum absolute atomic E-state index is 0.0938. The Hall–Kier alpha value is -0.390. The molecule has 0 bridgehead atoms. The number of hydrogen-bond acceptors (Lipinski definition) is 3. The molecule has 1 rings (SSSR count). The number of halogens is 1. The molecule has 7 nitrogen and oxygen atoms in total. The molecule has 0 aliphatic heterocycles. The predicted molar refractivity (Wildman–Crippen MR) is 62.7 cm³/mol. The monoisotopic (exact) mass is 301 g/mol. The van der Waals surface area contributed by atoms with Gasteiger partial charge >= 0.3 is 15.2 Å². The van der Waals surface area contributed by atoms with Crippen LogP contribution in [0.4, 0.5) is 5.69 Å². The first-order valence-corrected chi connectivity index (χ1v) is 7.93. The number of rotatable bonds is 3. The van der Waals surface area contributed by atoms with Gasteiger partial charge in [-0.05, 0) is 23.8 Å². The fourth-order valence-corrected chi connectivity index (χ4v) is 4.42.